The van der Waals surface area contributed by atoms with Crippen LogP contribution < -0.4 is 18.9 Å². The zero-order valence-corrected chi connectivity index (χ0v) is 25.8. The second-order valence-corrected chi connectivity index (χ2v) is 9.98. The van der Waals surface area contributed by atoms with E-state index in [0.717, 1.165) is 0 Å². The van der Waals surface area contributed by atoms with E-state index in [2.05, 4.69) is 0 Å². The maximum absolute atomic E-state index is 12.8. The normalized spacial score (nSPS) is 12.2. The highest BCUT2D eigenvalue weighted by Crippen LogP contribution is 2.40. The largest absolute Gasteiger partial charge is 0.508 e. The average Bonchev–Trinajstić information content (AvgIpc) is 3.09. The number of carbonyl (C=O) groups excluding carboxylic acids is 2. The van der Waals surface area contributed by atoms with Gasteiger partial charge >= 0.3 is 11.9 Å². The summed E-state index contributed by atoms with van der Waals surface area (Å²) in [5.41, 5.74) is 1.39. The monoisotopic (exact) mass is 646 g/mol. The van der Waals surface area contributed by atoms with Crippen molar-refractivity contribution < 1.29 is 58.4 Å². The SMILES string of the molecule is COc1cc(C=CCOC(=O)c2ccc(O)cc2)ccc1OC(COC(=O)c1ccc(O)cc1)C(O)c1cc(OC)c(O)c(OC)c1. The van der Waals surface area contributed by atoms with Gasteiger partial charge in [-0.1, -0.05) is 12.1 Å². The number of phenols is 3. The molecule has 4 N–H and O–H groups in total. The van der Waals surface area contributed by atoms with E-state index in [4.69, 9.17) is 28.4 Å². The first-order valence-corrected chi connectivity index (χ1v) is 14.2. The summed E-state index contributed by atoms with van der Waals surface area (Å²) in [6, 6.07) is 18.9. The zero-order chi connectivity index (χ0) is 33.9. The van der Waals surface area contributed by atoms with E-state index in [0.29, 0.717) is 11.1 Å². The van der Waals surface area contributed by atoms with Crippen molar-refractivity contribution >= 4 is 18.0 Å². The van der Waals surface area contributed by atoms with Crippen LogP contribution in [0.25, 0.3) is 6.08 Å². The second-order valence-electron chi connectivity index (χ2n) is 9.98. The number of aliphatic hydroxyl groups is 1. The van der Waals surface area contributed by atoms with Crippen molar-refractivity contribution in [1.29, 1.82) is 0 Å². The quantitative estimate of drug-likeness (QED) is 0.135. The summed E-state index contributed by atoms with van der Waals surface area (Å²) in [5, 5.41) is 40.7. The molecular formula is C35H34O12. The number of carbonyl (C=O) groups is 2. The summed E-state index contributed by atoms with van der Waals surface area (Å²) < 4.78 is 32.8. The van der Waals surface area contributed by atoms with E-state index in [1.165, 1.54) is 82.0 Å². The minimum absolute atomic E-state index is 0.0134. The van der Waals surface area contributed by atoms with Crippen molar-refractivity contribution in [3.05, 3.63) is 107 Å². The topological polar surface area (TPSA) is 170 Å². The van der Waals surface area contributed by atoms with Crippen LogP contribution in [0.1, 0.15) is 37.9 Å². The Labute approximate surface area is 270 Å². The maximum Gasteiger partial charge on any atom is 0.338 e. The van der Waals surface area contributed by atoms with Gasteiger partial charge in [-0.25, -0.2) is 9.59 Å². The lowest BCUT2D eigenvalue weighted by atomic mass is 10.0. The Hall–Kier alpha value is -5.88. The number of methoxy groups -OCH3 is 3. The number of phenolic OH excluding ortho intramolecular Hbond substituents is 3. The third-order valence-corrected chi connectivity index (χ3v) is 6.87. The molecule has 12 nitrogen and oxygen atoms in total. The fourth-order valence-electron chi connectivity index (χ4n) is 4.36. The summed E-state index contributed by atoms with van der Waals surface area (Å²) in [4.78, 5) is 24.9. The van der Waals surface area contributed by atoms with Crippen LogP contribution in [0.5, 0.6) is 40.2 Å². The van der Waals surface area contributed by atoms with Crippen molar-refractivity contribution in [2.45, 2.75) is 12.2 Å². The van der Waals surface area contributed by atoms with Gasteiger partial charge in [0, 0.05) is 0 Å². The molecule has 0 heterocycles. The van der Waals surface area contributed by atoms with Gasteiger partial charge in [0.2, 0.25) is 5.75 Å². The number of rotatable bonds is 14. The van der Waals surface area contributed by atoms with Gasteiger partial charge in [-0.2, -0.15) is 0 Å². The summed E-state index contributed by atoms with van der Waals surface area (Å²) in [7, 11) is 4.12. The fourth-order valence-corrected chi connectivity index (χ4v) is 4.36. The van der Waals surface area contributed by atoms with Crippen molar-refractivity contribution in [1.82, 2.24) is 0 Å². The van der Waals surface area contributed by atoms with E-state index in [1.807, 2.05) is 0 Å². The lowest BCUT2D eigenvalue weighted by Gasteiger charge is -2.26. The minimum atomic E-state index is -1.42. The summed E-state index contributed by atoms with van der Waals surface area (Å²) in [6.07, 6.45) is 0.731. The maximum atomic E-state index is 12.8. The number of aliphatic hydroxyl groups excluding tert-OH is 1. The fraction of sp³-hybridized carbons (Fsp3) is 0.200. The van der Waals surface area contributed by atoms with Crippen LogP contribution in [0.3, 0.4) is 0 Å². The lowest BCUT2D eigenvalue weighted by molar-refractivity contribution is -0.0167. The van der Waals surface area contributed by atoms with Crippen LogP contribution in [-0.2, 0) is 9.47 Å². The Kier molecular flexibility index (Phi) is 11.5. The zero-order valence-electron chi connectivity index (χ0n) is 25.8. The molecule has 0 spiro atoms. The van der Waals surface area contributed by atoms with Crippen LogP contribution in [0.15, 0.2) is 84.9 Å². The molecule has 0 radical (unpaired) electrons. The first-order chi connectivity index (χ1) is 22.6. The number of ether oxygens (including phenoxy) is 6. The molecule has 2 atom stereocenters. The van der Waals surface area contributed by atoms with Gasteiger partial charge in [0.25, 0.3) is 0 Å². The van der Waals surface area contributed by atoms with Crippen LogP contribution in [-0.4, -0.2) is 73.0 Å². The van der Waals surface area contributed by atoms with E-state index in [9.17, 15) is 30.0 Å². The van der Waals surface area contributed by atoms with Gasteiger partial charge in [-0.3, -0.25) is 0 Å². The summed E-state index contributed by atoms with van der Waals surface area (Å²) in [6.45, 7) is -0.427. The smallest absolute Gasteiger partial charge is 0.338 e. The van der Waals surface area contributed by atoms with Crippen molar-refractivity contribution in [3.63, 3.8) is 0 Å². The van der Waals surface area contributed by atoms with Crippen LogP contribution in [0.4, 0.5) is 0 Å². The van der Waals surface area contributed by atoms with Crippen molar-refractivity contribution in [2.24, 2.45) is 0 Å². The molecule has 246 valence electrons. The van der Waals surface area contributed by atoms with Gasteiger partial charge < -0.3 is 48.8 Å². The molecule has 4 rings (SSSR count). The number of aromatic hydroxyl groups is 3. The molecule has 0 aliphatic rings. The molecule has 2 unspecified atom stereocenters. The first-order valence-electron chi connectivity index (χ1n) is 14.2. The summed E-state index contributed by atoms with van der Waals surface area (Å²) in [5.74, 6) is -0.916. The molecule has 0 saturated heterocycles. The van der Waals surface area contributed by atoms with E-state index in [1.54, 1.807) is 30.4 Å². The van der Waals surface area contributed by atoms with E-state index >= 15 is 0 Å². The van der Waals surface area contributed by atoms with Gasteiger partial charge in [-0.15, -0.1) is 0 Å². The molecule has 0 bridgehead atoms. The Bertz CT molecular complexity index is 1670. The van der Waals surface area contributed by atoms with Gasteiger partial charge in [0.1, 0.15) is 30.8 Å². The van der Waals surface area contributed by atoms with Crippen LogP contribution in [0, 0.1) is 0 Å². The number of benzene rings is 4. The molecule has 4 aromatic rings. The highest BCUT2D eigenvalue weighted by molar-refractivity contribution is 5.90. The molecule has 0 saturated carbocycles. The number of hydrogen-bond donors (Lipinski definition) is 4. The third kappa shape index (κ3) is 8.86. The number of hydrogen-bond acceptors (Lipinski definition) is 12. The third-order valence-electron chi connectivity index (χ3n) is 6.87. The van der Waals surface area contributed by atoms with Crippen LogP contribution in [0.2, 0.25) is 0 Å². The van der Waals surface area contributed by atoms with Gasteiger partial charge in [0.05, 0.1) is 32.5 Å². The molecule has 0 aliphatic carbocycles. The molecule has 12 heteroatoms. The Morgan fingerprint density at radius 3 is 1.74 bits per heavy atom. The molecule has 4 aromatic carbocycles. The molecule has 0 amide bonds. The highest BCUT2D eigenvalue weighted by Gasteiger charge is 2.28. The standard InChI is InChI=1S/C35H34O12/c1-42-28-17-21(5-4-16-45-34(40)22-7-11-25(36)12-8-22)6-15-27(28)47-31(20-46-35(41)23-9-13-26(37)14-10-23)32(38)24-18-29(43-2)33(39)30(19-24)44-3/h4-15,17-19,31-32,36-39H,16,20H2,1-3H3. The van der Waals surface area contributed by atoms with Crippen LogP contribution >= 0.6 is 0 Å². The Balaban J connectivity index is 1.53. The van der Waals surface area contributed by atoms with Gasteiger partial charge in [0.15, 0.2) is 29.1 Å². The predicted octanol–water partition coefficient (Wildman–Crippen LogP) is 5.04. The Morgan fingerprint density at radius 2 is 1.21 bits per heavy atom. The van der Waals surface area contributed by atoms with Crippen molar-refractivity contribution in [2.75, 3.05) is 34.5 Å². The summed E-state index contributed by atoms with van der Waals surface area (Å²) >= 11 is 0. The first kappa shape index (κ1) is 34.0. The average molecular weight is 647 g/mol. The molecule has 0 aliphatic heterocycles. The molecule has 47 heavy (non-hydrogen) atoms. The van der Waals surface area contributed by atoms with Gasteiger partial charge in [-0.05, 0) is 90.0 Å². The molecule has 0 fully saturated rings. The second kappa shape index (κ2) is 15.9. The lowest BCUT2D eigenvalue weighted by Crippen LogP contribution is -2.32. The van der Waals surface area contributed by atoms with E-state index in [-0.39, 0.29) is 58.0 Å². The predicted molar refractivity (Wildman–Crippen MR) is 169 cm³/mol. The molecule has 0 aromatic heterocycles. The highest BCUT2D eigenvalue weighted by atomic mass is 16.6. The minimum Gasteiger partial charge on any atom is -0.508 e. The molecular weight excluding hydrogens is 612 g/mol. The number of esters is 2. The Morgan fingerprint density at radius 1 is 0.681 bits per heavy atom. The van der Waals surface area contributed by atoms with Crippen molar-refractivity contribution in [3.8, 4) is 40.2 Å². The van der Waals surface area contributed by atoms with E-state index < -0.39 is 30.8 Å².